The lowest BCUT2D eigenvalue weighted by Gasteiger charge is -2.17. The molecule has 0 aliphatic heterocycles. The lowest BCUT2D eigenvalue weighted by molar-refractivity contribution is -0.479. The summed E-state index contributed by atoms with van der Waals surface area (Å²) >= 11 is 4.72. The SMILES string of the molecule is CCOc1cc([C@@H](C[N+](=O)[O-])Sc2nnc(C)n2-c2ccc(OC)cc2)ccc1OCc1ccc(Br)cc1. The molecule has 4 rings (SSSR count). The summed E-state index contributed by atoms with van der Waals surface area (Å²) in [6.07, 6.45) is 0. The molecule has 11 heteroatoms. The number of rotatable bonds is 12. The summed E-state index contributed by atoms with van der Waals surface area (Å²) in [5, 5.41) is 20.2. The van der Waals surface area contributed by atoms with Crippen molar-refractivity contribution in [2.45, 2.75) is 30.9 Å². The Labute approximate surface area is 233 Å². The molecule has 1 atom stereocenters. The number of hydrogen-bond acceptors (Lipinski definition) is 8. The molecule has 0 radical (unpaired) electrons. The first-order valence-corrected chi connectivity index (χ1v) is 13.5. The van der Waals surface area contributed by atoms with E-state index in [1.807, 2.05) is 79.1 Å². The van der Waals surface area contributed by atoms with Crippen LogP contribution in [-0.2, 0) is 6.61 Å². The van der Waals surface area contributed by atoms with Gasteiger partial charge in [0.25, 0.3) is 0 Å². The highest BCUT2D eigenvalue weighted by atomic mass is 79.9. The number of nitro groups is 1. The summed E-state index contributed by atoms with van der Waals surface area (Å²) < 4.78 is 20.0. The zero-order valence-electron chi connectivity index (χ0n) is 21.2. The van der Waals surface area contributed by atoms with Gasteiger partial charge in [0.2, 0.25) is 6.54 Å². The number of nitrogens with zero attached hydrogens (tertiary/aromatic N) is 4. The lowest BCUT2D eigenvalue weighted by Crippen LogP contribution is -2.11. The van der Waals surface area contributed by atoms with E-state index in [1.165, 1.54) is 11.8 Å². The van der Waals surface area contributed by atoms with E-state index >= 15 is 0 Å². The van der Waals surface area contributed by atoms with E-state index in [0.717, 1.165) is 27.0 Å². The Bertz CT molecular complexity index is 1380. The van der Waals surface area contributed by atoms with Crippen LogP contribution in [-0.4, -0.2) is 39.9 Å². The fourth-order valence-corrected chi connectivity index (χ4v) is 5.20. The molecule has 3 aromatic carbocycles. The summed E-state index contributed by atoms with van der Waals surface area (Å²) in [6, 6.07) is 20.8. The maximum Gasteiger partial charge on any atom is 0.220 e. The van der Waals surface area contributed by atoms with Crippen LogP contribution in [0.5, 0.6) is 17.2 Å². The molecule has 1 heterocycles. The van der Waals surface area contributed by atoms with Crippen molar-refractivity contribution >= 4 is 27.7 Å². The maximum absolute atomic E-state index is 11.6. The first kappa shape index (κ1) is 27.5. The van der Waals surface area contributed by atoms with E-state index in [4.69, 9.17) is 14.2 Å². The van der Waals surface area contributed by atoms with Crippen molar-refractivity contribution < 1.29 is 19.1 Å². The molecule has 0 N–H and O–H groups in total. The van der Waals surface area contributed by atoms with Crippen LogP contribution in [0.4, 0.5) is 0 Å². The minimum Gasteiger partial charge on any atom is -0.497 e. The van der Waals surface area contributed by atoms with E-state index in [1.54, 1.807) is 13.2 Å². The van der Waals surface area contributed by atoms with E-state index in [-0.39, 0.29) is 11.5 Å². The minimum atomic E-state index is -0.537. The predicted octanol–water partition coefficient (Wildman–Crippen LogP) is 6.43. The van der Waals surface area contributed by atoms with Gasteiger partial charge in [0.1, 0.15) is 23.4 Å². The highest BCUT2D eigenvalue weighted by Gasteiger charge is 2.25. The van der Waals surface area contributed by atoms with Crippen LogP contribution in [0.25, 0.3) is 5.69 Å². The number of hydrogen-bond donors (Lipinski definition) is 0. The summed E-state index contributed by atoms with van der Waals surface area (Å²) in [4.78, 5) is 11.3. The van der Waals surface area contributed by atoms with Gasteiger partial charge in [0.05, 0.1) is 13.7 Å². The molecule has 9 nitrogen and oxygen atoms in total. The second-order valence-electron chi connectivity index (χ2n) is 8.24. The second-order valence-corrected chi connectivity index (χ2v) is 10.3. The third-order valence-electron chi connectivity index (χ3n) is 5.64. The van der Waals surface area contributed by atoms with Gasteiger partial charge in [-0.1, -0.05) is 45.9 Å². The van der Waals surface area contributed by atoms with Gasteiger partial charge in [-0.05, 0) is 73.5 Å². The van der Waals surface area contributed by atoms with Gasteiger partial charge in [0.15, 0.2) is 16.7 Å². The number of aryl methyl sites for hydroxylation is 1. The van der Waals surface area contributed by atoms with Crippen molar-refractivity contribution in [2.24, 2.45) is 0 Å². The molecule has 1 aromatic heterocycles. The van der Waals surface area contributed by atoms with Crippen molar-refractivity contribution in [1.29, 1.82) is 0 Å². The molecule has 0 fully saturated rings. The van der Waals surface area contributed by atoms with Crippen LogP contribution in [0.15, 0.2) is 76.4 Å². The number of benzene rings is 3. The molecule has 0 aliphatic carbocycles. The highest BCUT2D eigenvalue weighted by molar-refractivity contribution is 9.10. The van der Waals surface area contributed by atoms with Gasteiger partial charge in [0, 0.05) is 15.1 Å². The largest absolute Gasteiger partial charge is 0.497 e. The van der Waals surface area contributed by atoms with Gasteiger partial charge in [-0.3, -0.25) is 14.7 Å². The molecule has 198 valence electrons. The monoisotopic (exact) mass is 598 g/mol. The summed E-state index contributed by atoms with van der Waals surface area (Å²) in [6.45, 7) is 4.22. The van der Waals surface area contributed by atoms with Gasteiger partial charge in [-0.2, -0.15) is 0 Å². The second kappa shape index (κ2) is 12.8. The van der Waals surface area contributed by atoms with Gasteiger partial charge in [-0.15, -0.1) is 10.2 Å². The van der Waals surface area contributed by atoms with E-state index in [0.29, 0.717) is 35.7 Å². The van der Waals surface area contributed by atoms with Crippen LogP contribution in [0.3, 0.4) is 0 Å². The fourth-order valence-electron chi connectivity index (χ4n) is 3.78. The molecule has 0 saturated heterocycles. The van der Waals surface area contributed by atoms with Gasteiger partial charge >= 0.3 is 0 Å². The van der Waals surface area contributed by atoms with Crippen LogP contribution >= 0.6 is 27.7 Å². The molecular formula is C27H27BrN4O5S. The average molecular weight is 600 g/mol. The average Bonchev–Trinajstić information content (AvgIpc) is 3.28. The maximum atomic E-state index is 11.6. The Kier molecular flexibility index (Phi) is 9.24. The van der Waals surface area contributed by atoms with Crippen LogP contribution < -0.4 is 14.2 Å². The number of ether oxygens (including phenoxy) is 3. The fraction of sp³-hybridized carbons (Fsp3) is 0.259. The Balaban J connectivity index is 1.61. The number of halogens is 1. The van der Waals surface area contributed by atoms with Crippen molar-refractivity contribution in [3.8, 4) is 22.9 Å². The van der Waals surface area contributed by atoms with Crippen molar-refractivity contribution in [2.75, 3.05) is 20.3 Å². The van der Waals surface area contributed by atoms with Gasteiger partial charge < -0.3 is 14.2 Å². The molecule has 0 saturated carbocycles. The molecule has 0 aliphatic rings. The predicted molar refractivity (Wildman–Crippen MR) is 149 cm³/mol. The Hall–Kier alpha value is -3.57. The third-order valence-corrected chi connectivity index (χ3v) is 7.34. The van der Waals surface area contributed by atoms with Gasteiger partial charge in [-0.25, -0.2) is 0 Å². The zero-order chi connectivity index (χ0) is 27.1. The Morgan fingerprint density at radius 1 is 1.03 bits per heavy atom. The summed E-state index contributed by atoms with van der Waals surface area (Å²) in [5.74, 6) is 2.50. The molecule has 0 amide bonds. The normalized spacial score (nSPS) is 11.7. The number of aromatic nitrogens is 3. The molecule has 38 heavy (non-hydrogen) atoms. The zero-order valence-corrected chi connectivity index (χ0v) is 23.6. The smallest absolute Gasteiger partial charge is 0.220 e. The third kappa shape index (κ3) is 6.84. The molecule has 0 bridgehead atoms. The van der Waals surface area contributed by atoms with E-state index < -0.39 is 5.25 Å². The first-order chi connectivity index (χ1) is 18.4. The van der Waals surface area contributed by atoms with Crippen LogP contribution in [0, 0.1) is 17.0 Å². The summed E-state index contributed by atoms with van der Waals surface area (Å²) in [7, 11) is 1.61. The molecule has 4 aromatic rings. The van der Waals surface area contributed by atoms with Crippen LogP contribution in [0.1, 0.15) is 29.1 Å². The lowest BCUT2D eigenvalue weighted by atomic mass is 10.1. The highest BCUT2D eigenvalue weighted by Crippen LogP contribution is 2.40. The van der Waals surface area contributed by atoms with Crippen molar-refractivity contribution in [1.82, 2.24) is 14.8 Å². The van der Waals surface area contributed by atoms with E-state index in [9.17, 15) is 10.1 Å². The summed E-state index contributed by atoms with van der Waals surface area (Å²) in [5.41, 5.74) is 2.57. The standard InChI is InChI=1S/C27H27BrN4O5S/c1-4-36-25-15-20(7-14-24(25)37-17-19-5-8-21(28)9-6-19)26(16-31(33)34)38-27-30-29-18(2)32(27)22-10-12-23(35-3)13-11-22/h5-15,26H,4,16-17H2,1-3H3/t26-/m1/s1. The Morgan fingerprint density at radius 3 is 2.42 bits per heavy atom. The van der Waals surface area contributed by atoms with E-state index in [2.05, 4.69) is 26.1 Å². The molecule has 0 spiro atoms. The first-order valence-electron chi connectivity index (χ1n) is 11.9. The number of methoxy groups -OCH3 is 1. The number of thioether (sulfide) groups is 1. The van der Waals surface area contributed by atoms with Crippen molar-refractivity contribution in [3.05, 3.63) is 98.3 Å². The molecular weight excluding hydrogens is 572 g/mol. The Morgan fingerprint density at radius 2 is 1.76 bits per heavy atom. The van der Waals surface area contributed by atoms with Crippen LogP contribution in [0.2, 0.25) is 0 Å². The minimum absolute atomic E-state index is 0.302. The quantitative estimate of drug-likeness (QED) is 0.104. The topological polar surface area (TPSA) is 102 Å². The molecule has 0 unspecified atom stereocenters. The van der Waals surface area contributed by atoms with Crippen molar-refractivity contribution in [3.63, 3.8) is 0 Å².